The van der Waals surface area contributed by atoms with E-state index in [4.69, 9.17) is 14.7 Å². The molecule has 0 spiro atoms. The fourth-order valence-corrected chi connectivity index (χ4v) is 3.59. The highest BCUT2D eigenvalue weighted by atomic mass is 16.3. The zero-order chi connectivity index (χ0) is 29.7. The van der Waals surface area contributed by atoms with Gasteiger partial charge in [-0.05, 0) is 77.9 Å². The number of carboxylic acid groups (broad SMARTS) is 1. The lowest BCUT2D eigenvalue weighted by Gasteiger charge is -2.28. The zero-order valence-electron chi connectivity index (χ0n) is 24.9. The van der Waals surface area contributed by atoms with Gasteiger partial charge < -0.3 is 25.5 Å². The average molecular weight is 540 g/mol. The third-order valence-electron chi connectivity index (χ3n) is 5.74. The van der Waals surface area contributed by atoms with E-state index in [0.29, 0.717) is 6.41 Å². The summed E-state index contributed by atoms with van der Waals surface area (Å²) in [4.78, 5) is 24.9. The zero-order valence-corrected chi connectivity index (χ0v) is 24.9. The number of anilines is 2. The summed E-state index contributed by atoms with van der Waals surface area (Å²) in [5.41, 5.74) is 6.59. The van der Waals surface area contributed by atoms with Crippen molar-refractivity contribution in [2.45, 2.75) is 67.0 Å². The Morgan fingerprint density at radius 1 is 1.10 bits per heavy atom. The lowest BCUT2D eigenvalue weighted by molar-refractivity contribution is -0.122. The molecule has 3 N–H and O–H groups in total. The molecule has 2 rings (SSSR count). The van der Waals surface area contributed by atoms with Crippen LogP contribution in [-0.4, -0.2) is 61.4 Å². The summed E-state index contributed by atoms with van der Waals surface area (Å²) in [6.07, 6.45) is 3.74. The van der Waals surface area contributed by atoms with Crippen molar-refractivity contribution in [3.8, 4) is 0 Å². The molecule has 39 heavy (non-hydrogen) atoms. The van der Waals surface area contributed by atoms with E-state index in [9.17, 15) is 0 Å². The van der Waals surface area contributed by atoms with Crippen molar-refractivity contribution in [1.29, 1.82) is 0 Å². The number of nitrogens with one attached hydrogen (secondary N) is 2. The van der Waals surface area contributed by atoms with E-state index in [2.05, 4.69) is 135 Å². The van der Waals surface area contributed by atoms with Crippen LogP contribution in [0.3, 0.4) is 0 Å². The number of aryl methyl sites for hydroxylation is 1. The molecule has 8 heteroatoms. The standard InChI is InChI=1S/C28H44N4.C2H3NO.CH2O2/c1-8-23(3)20-31(21-25-13-11-10-12-14-25)22-29-27-19-26(16-15-24(27)4)32(9-2)18-17-30-28(5,6)7;1-3-2-4;2-1-3/h10-16,19-20,29-30H,8-9,17-18,21-22H2,1-7H3;2H,1H2;1H,(H,2,3)/b23-20+;;. The first-order valence-electron chi connectivity index (χ1n) is 13.3. The number of aliphatic imine (C=N–C) groups is 1. The SMILES string of the molecule is C=NC=O.CC/C(C)=C/N(CNc1cc(N(CC)CCNC(C)(C)C)ccc1C)Cc1ccccc1.O=CO. The van der Waals surface area contributed by atoms with Crippen molar-refractivity contribution < 1.29 is 14.7 Å². The largest absolute Gasteiger partial charge is 0.483 e. The first-order chi connectivity index (χ1) is 18.5. The molecule has 0 aromatic heterocycles. The van der Waals surface area contributed by atoms with Crippen LogP contribution in [0.5, 0.6) is 0 Å². The minimum atomic E-state index is -0.250. The highest BCUT2D eigenvalue weighted by Crippen LogP contribution is 2.24. The van der Waals surface area contributed by atoms with E-state index in [-0.39, 0.29) is 12.0 Å². The molecule has 0 aliphatic heterocycles. The van der Waals surface area contributed by atoms with E-state index in [1.165, 1.54) is 28.1 Å². The van der Waals surface area contributed by atoms with Gasteiger partial charge in [0.25, 0.3) is 6.47 Å². The molecule has 0 radical (unpaired) electrons. The molecule has 0 heterocycles. The lowest BCUT2D eigenvalue weighted by Crippen LogP contribution is -2.41. The van der Waals surface area contributed by atoms with Gasteiger partial charge in [-0.1, -0.05) is 48.9 Å². The minimum Gasteiger partial charge on any atom is -0.483 e. The molecule has 0 aliphatic carbocycles. The normalized spacial score (nSPS) is 10.7. The smallest absolute Gasteiger partial charge is 0.290 e. The highest BCUT2D eigenvalue weighted by molar-refractivity contribution is 5.62. The Balaban J connectivity index is 0.00000185. The van der Waals surface area contributed by atoms with Crippen molar-refractivity contribution in [1.82, 2.24) is 10.2 Å². The number of nitrogens with zero attached hydrogens (tertiary/aromatic N) is 3. The Morgan fingerprint density at radius 3 is 2.23 bits per heavy atom. The molecule has 0 bridgehead atoms. The Bertz CT molecular complexity index is 981. The van der Waals surface area contributed by atoms with Gasteiger partial charge in [-0.2, -0.15) is 0 Å². The number of carbonyl (C=O) groups excluding carboxylic acids is 1. The van der Waals surface area contributed by atoms with Crippen LogP contribution in [-0.2, 0) is 16.1 Å². The maximum Gasteiger partial charge on any atom is 0.290 e. The maximum absolute atomic E-state index is 8.94. The van der Waals surface area contributed by atoms with Gasteiger partial charge in [-0.25, -0.2) is 4.99 Å². The van der Waals surface area contributed by atoms with Crippen LogP contribution >= 0.6 is 0 Å². The van der Waals surface area contributed by atoms with Gasteiger partial charge in [0.05, 0.1) is 6.67 Å². The number of amides is 1. The molecule has 0 atom stereocenters. The summed E-state index contributed by atoms with van der Waals surface area (Å²) in [6, 6.07) is 17.4. The first-order valence-corrected chi connectivity index (χ1v) is 13.3. The number of likely N-dealkylation sites (N-methyl/N-ethyl adjacent to an activating group) is 1. The van der Waals surface area contributed by atoms with Crippen LogP contribution < -0.4 is 15.5 Å². The number of hydrogen-bond donors (Lipinski definition) is 3. The number of hydrogen-bond acceptors (Lipinski definition) is 6. The molecule has 1 amide bonds. The second-order valence-electron chi connectivity index (χ2n) is 10.0. The van der Waals surface area contributed by atoms with Crippen LogP contribution in [0.25, 0.3) is 0 Å². The van der Waals surface area contributed by atoms with Crippen LogP contribution in [0.4, 0.5) is 11.4 Å². The molecule has 0 saturated heterocycles. The van der Waals surface area contributed by atoms with Crippen LogP contribution in [0, 0.1) is 6.92 Å². The summed E-state index contributed by atoms with van der Waals surface area (Å²) >= 11 is 0. The minimum absolute atomic E-state index is 0.145. The molecular formula is C31H49N5O3. The van der Waals surface area contributed by atoms with Crippen molar-refractivity contribution >= 4 is 31.0 Å². The molecule has 216 valence electrons. The highest BCUT2D eigenvalue weighted by Gasteiger charge is 2.11. The first kappa shape index (κ1) is 35.4. The van der Waals surface area contributed by atoms with Gasteiger partial charge in [-0.15, -0.1) is 0 Å². The van der Waals surface area contributed by atoms with Crippen molar-refractivity contribution in [3.05, 3.63) is 71.4 Å². The molecule has 0 fully saturated rings. The molecule has 2 aromatic rings. The van der Waals surface area contributed by atoms with E-state index in [1.807, 2.05) is 0 Å². The van der Waals surface area contributed by atoms with Crippen molar-refractivity contribution in [3.63, 3.8) is 0 Å². The van der Waals surface area contributed by atoms with Crippen LogP contribution in [0.2, 0.25) is 0 Å². The molecule has 2 aromatic carbocycles. The summed E-state index contributed by atoms with van der Waals surface area (Å²) in [5, 5.41) is 14.2. The van der Waals surface area contributed by atoms with E-state index in [1.54, 1.807) is 0 Å². The predicted octanol–water partition coefficient (Wildman–Crippen LogP) is 5.94. The molecule has 0 saturated carbocycles. The Hall–Kier alpha value is -3.65. The average Bonchev–Trinajstić information content (AvgIpc) is 2.91. The molecule has 0 aliphatic rings. The fourth-order valence-electron chi connectivity index (χ4n) is 3.59. The second kappa shape index (κ2) is 20.3. The summed E-state index contributed by atoms with van der Waals surface area (Å²) < 4.78 is 0. The monoisotopic (exact) mass is 539 g/mol. The fraction of sp³-hybridized carbons (Fsp3) is 0.452. The van der Waals surface area contributed by atoms with E-state index < -0.39 is 0 Å². The molecular weight excluding hydrogens is 490 g/mol. The molecule has 0 unspecified atom stereocenters. The van der Waals surface area contributed by atoms with Crippen LogP contribution in [0.1, 0.15) is 59.1 Å². The third kappa shape index (κ3) is 16.7. The van der Waals surface area contributed by atoms with Crippen LogP contribution in [0.15, 0.2) is 65.3 Å². The van der Waals surface area contributed by atoms with Gasteiger partial charge in [0.2, 0.25) is 6.41 Å². The predicted molar refractivity (Wildman–Crippen MR) is 166 cm³/mol. The number of allylic oxidation sites excluding steroid dienone is 1. The van der Waals surface area contributed by atoms with E-state index >= 15 is 0 Å². The lowest BCUT2D eigenvalue weighted by atomic mass is 10.1. The second-order valence-corrected chi connectivity index (χ2v) is 10.0. The Kier molecular flexibility index (Phi) is 18.4. The maximum atomic E-state index is 8.94. The van der Waals surface area contributed by atoms with Gasteiger partial charge in [0, 0.05) is 49.3 Å². The topological polar surface area (TPSA) is 97.3 Å². The summed E-state index contributed by atoms with van der Waals surface area (Å²) in [5.74, 6) is 0. The molecule has 8 nitrogen and oxygen atoms in total. The summed E-state index contributed by atoms with van der Waals surface area (Å²) in [6.45, 7) is 22.7. The third-order valence-corrected chi connectivity index (χ3v) is 5.74. The van der Waals surface area contributed by atoms with E-state index in [0.717, 1.165) is 39.3 Å². The number of rotatable bonds is 13. The van der Waals surface area contributed by atoms with Gasteiger partial charge >= 0.3 is 0 Å². The summed E-state index contributed by atoms with van der Waals surface area (Å²) in [7, 11) is 0. The van der Waals surface area contributed by atoms with Crippen molar-refractivity contribution in [2.24, 2.45) is 4.99 Å². The Morgan fingerprint density at radius 2 is 1.72 bits per heavy atom. The number of benzene rings is 2. The van der Waals surface area contributed by atoms with Gasteiger partial charge in [0.1, 0.15) is 0 Å². The Labute approximate surface area is 235 Å². The van der Waals surface area contributed by atoms with Gasteiger partial charge in [0.15, 0.2) is 0 Å². The van der Waals surface area contributed by atoms with Gasteiger partial charge in [-0.3, -0.25) is 9.59 Å². The quantitative estimate of drug-likeness (QED) is 0.165. The van der Waals surface area contributed by atoms with Crippen molar-refractivity contribution in [2.75, 3.05) is 36.5 Å². The number of carbonyl (C=O) groups is 2.